The average molecular weight is 381 g/mol. The van der Waals surface area contributed by atoms with Crippen LogP contribution in [0.3, 0.4) is 0 Å². The van der Waals surface area contributed by atoms with Crippen LogP contribution in [0.5, 0.6) is 5.75 Å². The standard InChI is InChI=1S/C20H32N2O3S/c1-15-13-18(23)17(14-19(15)26(3,24)25)21-16-7-11-22(12-8-16)20(2)9-5-4-6-10-20/h13-14,16,21,23H,4-12H2,1-3H3. The molecule has 1 saturated carbocycles. The van der Waals surface area contributed by atoms with Crippen molar-refractivity contribution in [3.8, 4) is 5.75 Å². The maximum Gasteiger partial charge on any atom is 0.175 e. The van der Waals surface area contributed by atoms with Gasteiger partial charge in [0.1, 0.15) is 5.75 Å². The van der Waals surface area contributed by atoms with Crippen molar-refractivity contribution >= 4 is 15.5 Å². The summed E-state index contributed by atoms with van der Waals surface area (Å²) in [7, 11) is -3.30. The highest BCUT2D eigenvalue weighted by Gasteiger charge is 2.35. The van der Waals surface area contributed by atoms with E-state index in [4.69, 9.17) is 0 Å². The van der Waals surface area contributed by atoms with E-state index in [-0.39, 0.29) is 16.7 Å². The summed E-state index contributed by atoms with van der Waals surface area (Å²) in [6.07, 6.45) is 9.85. The molecule has 2 N–H and O–H groups in total. The molecule has 1 aliphatic carbocycles. The Bertz CT molecular complexity index is 747. The summed E-state index contributed by atoms with van der Waals surface area (Å²) in [4.78, 5) is 2.92. The Morgan fingerprint density at radius 1 is 1.15 bits per heavy atom. The summed E-state index contributed by atoms with van der Waals surface area (Å²) in [5.41, 5.74) is 1.45. The van der Waals surface area contributed by atoms with Crippen LogP contribution >= 0.6 is 0 Å². The molecule has 1 aliphatic heterocycles. The molecule has 1 heterocycles. The van der Waals surface area contributed by atoms with Gasteiger partial charge in [-0.2, -0.15) is 0 Å². The number of benzene rings is 1. The van der Waals surface area contributed by atoms with Crippen LogP contribution in [0.25, 0.3) is 0 Å². The normalized spacial score (nSPS) is 22.3. The maximum atomic E-state index is 11.9. The van der Waals surface area contributed by atoms with E-state index in [1.54, 1.807) is 13.0 Å². The van der Waals surface area contributed by atoms with Crippen molar-refractivity contribution in [2.75, 3.05) is 24.7 Å². The molecular formula is C20H32N2O3S. The predicted molar refractivity (Wildman–Crippen MR) is 106 cm³/mol. The zero-order valence-electron chi connectivity index (χ0n) is 16.2. The number of likely N-dealkylation sites (tertiary alicyclic amines) is 1. The lowest BCUT2D eigenvalue weighted by atomic mass is 9.80. The number of aromatic hydroxyl groups is 1. The summed E-state index contributed by atoms with van der Waals surface area (Å²) in [5.74, 6) is 0.122. The lowest BCUT2D eigenvalue weighted by Gasteiger charge is -2.47. The summed E-state index contributed by atoms with van der Waals surface area (Å²) in [6, 6.07) is 3.38. The SMILES string of the molecule is Cc1cc(O)c(NC2CCN(C3(C)CCCCC3)CC2)cc1S(C)(=O)=O. The first kappa shape index (κ1) is 19.5. The number of anilines is 1. The minimum absolute atomic E-state index is 0.122. The summed E-state index contributed by atoms with van der Waals surface area (Å²) in [6.45, 7) is 6.23. The van der Waals surface area contributed by atoms with Crippen LogP contribution in [-0.2, 0) is 9.84 Å². The Morgan fingerprint density at radius 3 is 2.35 bits per heavy atom. The average Bonchev–Trinajstić information content (AvgIpc) is 2.57. The zero-order chi connectivity index (χ0) is 18.9. The first-order valence-corrected chi connectivity index (χ1v) is 11.6. The van der Waals surface area contributed by atoms with Crippen LogP contribution in [0, 0.1) is 6.92 Å². The molecule has 146 valence electrons. The molecule has 3 rings (SSSR count). The van der Waals surface area contributed by atoms with E-state index in [0.29, 0.717) is 16.8 Å². The van der Waals surface area contributed by atoms with E-state index in [2.05, 4.69) is 17.1 Å². The van der Waals surface area contributed by atoms with E-state index < -0.39 is 9.84 Å². The van der Waals surface area contributed by atoms with Gasteiger partial charge in [-0.1, -0.05) is 19.3 Å². The second-order valence-corrected chi connectivity index (χ2v) is 10.4. The molecule has 1 aromatic rings. The zero-order valence-corrected chi connectivity index (χ0v) is 17.0. The molecule has 0 atom stereocenters. The van der Waals surface area contributed by atoms with E-state index in [9.17, 15) is 13.5 Å². The molecule has 0 aromatic heterocycles. The van der Waals surface area contributed by atoms with Gasteiger partial charge in [-0.15, -0.1) is 0 Å². The predicted octanol–water partition coefficient (Wildman–Crippen LogP) is 3.70. The molecular weight excluding hydrogens is 348 g/mol. The topological polar surface area (TPSA) is 69.6 Å². The Hall–Kier alpha value is -1.27. The largest absolute Gasteiger partial charge is 0.506 e. The molecule has 1 aromatic carbocycles. The second kappa shape index (κ2) is 7.39. The number of hydrogen-bond donors (Lipinski definition) is 2. The minimum Gasteiger partial charge on any atom is -0.506 e. The van der Waals surface area contributed by atoms with Gasteiger partial charge in [0.2, 0.25) is 0 Å². The lowest BCUT2D eigenvalue weighted by molar-refractivity contribution is 0.0457. The van der Waals surface area contributed by atoms with E-state index in [0.717, 1.165) is 25.9 Å². The van der Waals surface area contributed by atoms with E-state index in [1.807, 2.05) is 0 Å². The van der Waals surface area contributed by atoms with Gasteiger partial charge in [0, 0.05) is 30.9 Å². The van der Waals surface area contributed by atoms with Crippen LogP contribution in [0.2, 0.25) is 0 Å². The van der Waals surface area contributed by atoms with Crippen LogP contribution in [0.1, 0.15) is 57.4 Å². The van der Waals surface area contributed by atoms with Crippen molar-refractivity contribution in [1.82, 2.24) is 4.90 Å². The lowest BCUT2D eigenvalue weighted by Crippen LogP contribution is -2.52. The number of sulfone groups is 1. The smallest absolute Gasteiger partial charge is 0.175 e. The van der Waals surface area contributed by atoms with Gasteiger partial charge in [-0.25, -0.2) is 8.42 Å². The van der Waals surface area contributed by atoms with Gasteiger partial charge >= 0.3 is 0 Å². The van der Waals surface area contributed by atoms with Gasteiger partial charge in [0.15, 0.2) is 9.84 Å². The molecule has 0 unspecified atom stereocenters. The van der Waals surface area contributed by atoms with Crippen molar-refractivity contribution in [2.45, 2.75) is 75.3 Å². The Kier molecular flexibility index (Phi) is 5.54. The number of rotatable bonds is 4. The van der Waals surface area contributed by atoms with E-state index in [1.165, 1.54) is 44.4 Å². The van der Waals surface area contributed by atoms with Crippen molar-refractivity contribution < 1.29 is 13.5 Å². The third-order valence-corrected chi connectivity index (χ3v) is 7.48. The Morgan fingerprint density at radius 2 is 1.77 bits per heavy atom. The molecule has 0 radical (unpaired) electrons. The number of nitrogens with one attached hydrogen (secondary N) is 1. The molecule has 0 amide bonds. The summed E-state index contributed by atoms with van der Waals surface area (Å²) in [5, 5.41) is 13.6. The first-order valence-electron chi connectivity index (χ1n) is 9.74. The third-order valence-electron chi connectivity index (χ3n) is 6.24. The Labute approximate surface area is 157 Å². The minimum atomic E-state index is -3.30. The second-order valence-electron chi connectivity index (χ2n) is 8.37. The van der Waals surface area contributed by atoms with Crippen LogP contribution < -0.4 is 5.32 Å². The van der Waals surface area contributed by atoms with Crippen molar-refractivity contribution in [1.29, 1.82) is 0 Å². The van der Waals surface area contributed by atoms with Crippen LogP contribution in [-0.4, -0.2) is 49.4 Å². The number of hydrogen-bond acceptors (Lipinski definition) is 5. The van der Waals surface area contributed by atoms with E-state index >= 15 is 0 Å². The van der Waals surface area contributed by atoms with Gasteiger partial charge < -0.3 is 10.4 Å². The molecule has 0 bridgehead atoms. The monoisotopic (exact) mass is 380 g/mol. The first-order chi connectivity index (χ1) is 12.2. The number of nitrogens with zero attached hydrogens (tertiary/aromatic N) is 1. The molecule has 2 fully saturated rings. The third kappa shape index (κ3) is 4.17. The van der Waals surface area contributed by atoms with Crippen molar-refractivity contribution in [2.24, 2.45) is 0 Å². The molecule has 1 saturated heterocycles. The Balaban J connectivity index is 1.66. The maximum absolute atomic E-state index is 11.9. The van der Waals surface area contributed by atoms with Crippen LogP contribution in [0.15, 0.2) is 17.0 Å². The highest BCUT2D eigenvalue weighted by atomic mass is 32.2. The highest BCUT2D eigenvalue weighted by molar-refractivity contribution is 7.90. The van der Waals surface area contributed by atoms with Gasteiger partial charge in [-0.05, 0) is 57.2 Å². The fraction of sp³-hybridized carbons (Fsp3) is 0.700. The molecule has 2 aliphatic rings. The fourth-order valence-electron chi connectivity index (χ4n) is 4.60. The summed E-state index contributed by atoms with van der Waals surface area (Å²) >= 11 is 0. The number of phenolic OH excluding ortho intramolecular Hbond substituents is 1. The molecule has 26 heavy (non-hydrogen) atoms. The summed E-state index contributed by atoms with van der Waals surface area (Å²) < 4.78 is 23.9. The van der Waals surface area contributed by atoms with Gasteiger partial charge in [0.05, 0.1) is 10.6 Å². The molecule has 5 nitrogen and oxygen atoms in total. The van der Waals surface area contributed by atoms with Gasteiger partial charge in [0.25, 0.3) is 0 Å². The van der Waals surface area contributed by atoms with Crippen molar-refractivity contribution in [3.05, 3.63) is 17.7 Å². The number of aryl methyl sites for hydroxylation is 1. The molecule has 0 spiro atoms. The highest BCUT2D eigenvalue weighted by Crippen LogP contribution is 2.36. The van der Waals surface area contributed by atoms with Crippen LogP contribution in [0.4, 0.5) is 5.69 Å². The molecule has 6 heteroatoms. The quantitative estimate of drug-likeness (QED) is 0.780. The van der Waals surface area contributed by atoms with Gasteiger partial charge in [-0.3, -0.25) is 4.90 Å². The number of phenols is 1. The van der Waals surface area contributed by atoms with Crippen molar-refractivity contribution in [3.63, 3.8) is 0 Å². The number of piperidine rings is 1. The fourth-order valence-corrected chi connectivity index (χ4v) is 5.58.